The Morgan fingerprint density at radius 1 is 1.47 bits per heavy atom. The number of hydrogen-bond acceptors (Lipinski definition) is 3. The Hall–Kier alpha value is -1.84. The molecule has 1 N–H and O–H groups in total. The van der Waals surface area contributed by atoms with Crippen LogP contribution in [0.25, 0.3) is 0 Å². The van der Waals surface area contributed by atoms with E-state index < -0.39 is 0 Å². The van der Waals surface area contributed by atoms with Gasteiger partial charge in [0.2, 0.25) is 5.91 Å². The third-order valence-corrected chi connectivity index (χ3v) is 3.09. The predicted octanol–water partition coefficient (Wildman–Crippen LogP) is 2.88. The molecule has 0 aromatic heterocycles. The molecule has 1 aromatic carbocycles. The van der Waals surface area contributed by atoms with E-state index in [0.29, 0.717) is 35.9 Å². The lowest BCUT2D eigenvalue weighted by Gasteiger charge is -2.09. The number of carbonyl (C=O) groups excluding carboxylic acids is 2. The van der Waals surface area contributed by atoms with Crippen LogP contribution in [0.4, 0.5) is 5.69 Å². The minimum Gasteiger partial charge on any atom is -0.491 e. The average Bonchev–Trinajstić information content (AvgIpc) is 2.48. The van der Waals surface area contributed by atoms with Gasteiger partial charge in [0, 0.05) is 12.0 Å². The predicted molar refractivity (Wildman–Crippen MR) is 73.5 cm³/mol. The van der Waals surface area contributed by atoms with Gasteiger partial charge in [-0.1, -0.05) is 20.8 Å². The van der Waals surface area contributed by atoms with E-state index >= 15 is 0 Å². The van der Waals surface area contributed by atoms with Crippen molar-refractivity contribution in [3.63, 3.8) is 0 Å². The van der Waals surface area contributed by atoms with Gasteiger partial charge in [0.25, 0.3) is 0 Å². The van der Waals surface area contributed by atoms with Crippen LogP contribution in [0.15, 0.2) is 18.2 Å². The number of rotatable bonds is 3. The molecule has 0 aliphatic carbocycles. The minimum absolute atomic E-state index is 0.0767. The first kappa shape index (κ1) is 13.6. The summed E-state index contributed by atoms with van der Waals surface area (Å²) in [5.41, 5.74) is 1.20. The Balaban J connectivity index is 2.26. The molecule has 1 heterocycles. The second-order valence-electron chi connectivity index (χ2n) is 5.43. The lowest BCUT2D eigenvalue weighted by molar-refractivity contribution is -0.119. The zero-order valence-electron chi connectivity index (χ0n) is 11.5. The van der Waals surface area contributed by atoms with Crippen LogP contribution in [-0.2, 0) is 4.79 Å². The van der Waals surface area contributed by atoms with Crippen LogP contribution in [0.1, 0.15) is 37.6 Å². The molecule has 19 heavy (non-hydrogen) atoms. The molecule has 0 saturated carbocycles. The highest BCUT2D eigenvalue weighted by atomic mass is 16.5. The number of nitrogens with one attached hydrogen (secondary N) is 1. The fourth-order valence-corrected chi connectivity index (χ4v) is 1.96. The molecular formula is C15H19NO3. The Morgan fingerprint density at radius 3 is 2.89 bits per heavy atom. The van der Waals surface area contributed by atoms with Crippen molar-refractivity contribution in [2.45, 2.75) is 27.2 Å². The van der Waals surface area contributed by atoms with E-state index in [1.807, 2.05) is 20.8 Å². The van der Waals surface area contributed by atoms with Gasteiger partial charge in [0.15, 0.2) is 5.78 Å². The standard InChI is InChI=1S/C15H19NO3/c1-9(2)6-13(17)11-4-5-14-12(7-11)16-15(18)10(3)8-19-14/h4-5,7,9-10H,6,8H2,1-3H3,(H,16,18). The van der Waals surface area contributed by atoms with Crippen LogP contribution in [0.3, 0.4) is 0 Å². The second kappa shape index (κ2) is 5.43. The van der Waals surface area contributed by atoms with Gasteiger partial charge in [0.05, 0.1) is 18.2 Å². The summed E-state index contributed by atoms with van der Waals surface area (Å²) in [5.74, 6) is 0.759. The van der Waals surface area contributed by atoms with E-state index in [-0.39, 0.29) is 17.6 Å². The number of hydrogen-bond donors (Lipinski definition) is 1. The molecule has 4 heteroatoms. The molecule has 0 saturated heterocycles. The maximum absolute atomic E-state index is 12.0. The zero-order valence-corrected chi connectivity index (χ0v) is 11.5. The Bertz CT molecular complexity index is 508. The van der Waals surface area contributed by atoms with Gasteiger partial charge in [0.1, 0.15) is 5.75 Å². The number of fused-ring (bicyclic) bond motifs is 1. The minimum atomic E-state index is -0.192. The van der Waals surface area contributed by atoms with Gasteiger partial charge < -0.3 is 10.1 Å². The zero-order chi connectivity index (χ0) is 14.0. The van der Waals surface area contributed by atoms with Gasteiger partial charge in [-0.25, -0.2) is 0 Å². The van der Waals surface area contributed by atoms with Crippen molar-refractivity contribution in [1.29, 1.82) is 0 Å². The number of ether oxygens (including phenoxy) is 1. The van der Waals surface area contributed by atoms with Crippen LogP contribution in [-0.4, -0.2) is 18.3 Å². The molecule has 1 aromatic rings. The molecule has 102 valence electrons. The number of carbonyl (C=O) groups is 2. The smallest absolute Gasteiger partial charge is 0.230 e. The van der Waals surface area contributed by atoms with E-state index in [1.54, 1.807) is 18.2 Å². The van der Waals surface area contributed by atoms with Crippen molar-refractivity contribution >= 4 is 17.4 Å². The van der Waals surface area contributed by atoms with Crippen molar-refractivity contribution in [2.24, 2.45) is 11.8 Å². The Labute approximate surface area is 113 Å². The SMILES string of the molecule is CC(C)CC(=O)c1ccc2c(c1)NC(=O)C(C)CO2. The van der Waals surface area contributed by atoms with Gasteiger partial charge >= 0.3 is 0 Å². The van der Waals surface area contributed by atoms with Gasteiger partial charge in [-0.2, -0.15) is 0 Å². The molecule has 1 aliphatic heterocycles. The molecule has 4 nitrogen and oxygen atoms in total. The lowest BCUT2D eigenvalue weighted by Crippen LogP contribution is -2.22. The summed E-state index contributed by atoms with van der Waals surface area (Å²) in [6, 6.07) is 5.21. The number of anilines is 1. The summed E-state index contributed by atoms with van der Waals surface area (Å²) in [6.07, 6.45) is 0.504. The maximum atomic E-state index is 12.0. The van der Waals surface area contributed by atoms with Crippen LogP contribution in [0.2, 0.25) is 0 Å². The van der Waals surface area contributed by atoms with Crippen molar-refractivity contribution < 1.29 is 14.3 Å². The lowest BCUT2D eigenvalue weighted by atomic mass is 10.0. The summed E-state index contributed by atoms with van der Waals surface area (Å²) in [4.78, 5) is 23.8. The fraction of sp³-hybridized carbons (Fsp3) is 0.467. The van der Waals surface area contributed by atoms with Gasteiger partial charge in [-0.3, -0.25) is 9.59 Å². The van der Waals surface area contributed by atoms with E-state index in [9.17, 15) is 9.59 Å². The van der Waals surface area contributed by atoms with Crippen LogP contribution in [0, 0.1) is 11.8 Å². The molecule has 0 fully saturated rings. The highest BCUT2D eigenvalue weighted by molar-refractivity contribution is 6.00. The number of Topliss-reactive ketones (excluding diaryl/α,β-unsaturated/α-hetero) is 1. The normalized spacial score (nSPS) is 18.3. The van der Waals surface area contributed by atoms with E-state index in [4.69, 9.17) is 4.74 Å². The van der Waals surface area contributed by atoms with Crippen LogP contribution >= 0.6 is 0 Å². The van der Waals surface area contributed by atoms with Gasteiger partial charge in [-0.05, 0) is 24.1 Å². The van der Waals surface area contributed by atoms with Crippen molar-refractivity contribution in [3.8, 4) is 5.75 Å². The summed E-state index contributed by atoms with van der Waals surface area (Å²) >= 11 is 0. The highest BCUT2D eigenvalue weighted by Gasteiger charge is 2.21. The topological polar surface area (TPSA) is 55.4 Å². The van der Waals surface area contributed by atoms with Crippen molar-refractivity contribution in [3.05, 3.63) is 23.8 Å². The molecule has 1 aliphatic rings. The quantitative estimate of drug-likeness (QED) is 0.851. The maximum Gasteiger partial charge on any atom is 0.230 e. The van der Waals surface area contributed by atoms with Crippen LogP contribution < -0.4 is 10.1 Å². The summed E-state index contributed by atoms with van der Waals surface area (Å²) in [5, 5.41) is 2.80. The molecule has 2 rings (SSSR count). The van der Waals surface area contributed by atoms with E-state index in [1.165, 1.54) is 0 Å². The number of benzene rings is 1. The van der Waals surface area contributed by atoms with E-state index in [2.05, 4.69) is 5.32 Å². The third kappa shape index (κ3) is 3.13. The summed E-state index contributed by atoms with van der Waals surface area (Å²) < 4.78 is 5.55. The Morgan fingerprint density at radius 2 is 2.21 bits per heavy atom. The summed E-state index contributed by atoms with van der Waals surface area (Å²) in [6.45, 7) is 6.19. The summed E-state index contributed by atoms with van der Waals surface area (Å²) in [7, 11) is 0. The third-order valence-electron chi connectivity index (χ3n) is 3.09. The first-order valence-electron chi connectivity index (χ1n) is 6.58. The largest absolute Gasteiger partial charge is 0.491 e. The molecule has 0 spiro atoms. The van der Waals surface area contributed by atoms with E-state index in [0.717, 1.165) is 0 Å². The fourth-order valence-electron chi connectivity index (χ4n) is 1.96. The Kier molecular flexibility index (Phi) is 3.88. The van der Waals surface area contributed by atoms with Crippen molar-refractivity contribution in [2.75, 3.05) is 11.9 Å². The molecule has 1 amide bonds. The molecule has 0 radical (unpaired) electrons. The number of amides is 1. The molecule has 1 unspecified atom stereocenters. The van der Waals surface area contributed by atoms with Crippen LogP contribution in [0.5, 0.6) is 5.75 Å². The molecular weight excluding hydrogens is 242 g/mol. The first-order valence-corrected chi connectivity index (χ1v) is 6.58. The average molecular weight is 261 g/mol. The monoisotopic (exact) mass is 261 g/mol. The second-order valence-corrected chi connectivity index (χ2v) is 5.43. The molecule has 1 atom stereocenters. The van der Waals surface area contributed by atoms with Crippen molar-refractivity contribution in [1.82, 2.24) is 0 Å². The number of ketones is 1. The van der Waals surface area contributed by atoms with Gasteiger partial charge in [-0.15, -0.1) is 0 Å². The first-order chi connectivity index (χ1) is 8.97. The highest BCUT2D eigenvalue weighted by Crippen LogP contribution is 2.29. The molecule has 0 bridgehead atoms.